The van der Waals surface area contributed by atoms with Crippen molar-refractivity contribution in [1.29, 1.82) is 0 Å². The van der Waals surface area contributed by atoms with Crippen molar-refractivity contribution in [1.82, 2.24) is 20.6 Å². The third-order valence-corrected chi connectivity index (χ3v) is 4.55. The quantitative estimate of drug-likeness (QED) is 0.244. The average Bonchev–Trinajstić information content (AvgIpc) is 3.24. The number of carboxylic acid groups (broad SMARTS) is 1. The fourth-order valence-corrected chi connectivity index (χ4v) is 2.86. The van der Waals surface area contributed by atoms with Crippen molar-refractivity contribution in [2.45, 2.75) is 43.8 Å². The Kier molecular flexibility index (Phi) is 8.70. The number of benzene rings is 1. The smallest absolute Gasteiger partial charge is 0.326 e. The molecule has 11 heteroatoms. The second-order valence-electron chi connectivity index (χ2n) is 7.04. The lowest BCUT2D eigenvalue weighted by Crippen LogP contribution is -2.55. The number of carboxylic acids is 1. The van der Waals surface area contributed by atoms with E-state index in [0.29, 0.717) is 5.69 Å². The van der Waals surface area contributed by atoms with Gasteiger partial charge in [-0.15, -0.1) is 0 Å². The Morgan fingerprint density at radius 1 is 1.03 bits per heavy atom. The summed E-state index contributed by atoms with van der Waals surface area (Å²) < 4.78 is 0. The minimum absolute atomic E-state index is 0.0192. The first kappa shape index (κ1) is 23.5. The zero-order chi connectivity index (χ0) is 22.8. The fraction of sp³-hybridized carbons (Fsp3) is 0.350. The topological polar surface area (TPSA) is 193 Å². The number of aromatic nitrogens is 2. The minimum Gasteiger partial charge on any atom is -0.480 e. The van der Waals surface area contributed by atoms with Crippen LogP contribution in [0.1, 0.15) is 24.1 Å². The maximum atomic E-state index is 12.9. The minimum atomic E-state index is -1.21. The van der Waals surface area contributed by atoms with Gasteiger partial charge in [-0.2, -0.15) is 0 Å². The molecule has 2 rings (SSSR count). The van der Waals surface area contributed by atoms with Crippen LogP contribution in [0.3, 0.4) is 0 Å². The maximum Gasteiger partial charge on any atom is 0.326 e. The van der Waals surface area contributed by atoms with E-state index in [1.165, 1.54) is 12.5 Å². The van der Waals surface area contributed by atoms with Crippen LogP contribution in [0.2, 0.25) is 0 Å². The number of nitrogens with zero attached hydrogens (tertiary/aromatic N) is 1. The molecule has 0 saturated heterocycles. The second-order valence-corrected chi connectivity index (χ2v) is 7.04. The molecule has 166 valence electrons. The van der Waals surface area contributed by atoms with Gasteiger partial charge < -0.3 is 32.2 Å². The summed E-state index contributed by atoms with van der Waals surface area (Å²) in [5.41, 5.74) is 12.1. The Balaban J connectivity index is 2.09. The summed E-state index contributed by atoms with van der Waals surface area (Å²) in [6, 6.07) is 5.49. The van der Waals surface area contributed by atoms with Gasteiger partial charge in [0.25, 0.3) is 0 Å². The molecule has 0 saturated carbocycles. The van der Waals surface area contributed by atoms with Gasteiger partial charge in [0, 0.05) is 31.2 Å². The van der Waals surface area contributed by atoms with Crippen LogP contribution in [0.15, 0.2) is 42.9 Å². The van der Waals surface area contributed by atoms with Gasteiger partial charge >= 0.3 is 5.97 Å². The Labute approximate surface area is 178 Å². The predicted molar refractivity (Wildman–Crippen MR) is 110 cm³/mol. The van der Waals surface area contributed by atoms with Gasteiger partial charge in [-0.1, -0.05) is 30.3 Å². The third-order valence-electron chi connectivity index (χ3n) is 4.55. The highest BCUT2D eigenvalue weighted by molar-refractivity contribution is 5.92. The van der Waals surface area contributed by atoms with E-state index in [0.717, 1.165) is 5.56 Å². The monoisotopic (exact) mass is 430 g/mol. The molecule has 0 aliphatic carbocycles. The first-order chi connectivity index (χ1) is 14.8. The van der Waals surface area contributed by atoms with Crippen molar-refractivity contribution < 1.29 is 24.3 Å². The maximum absolute atomic E-state index is 12.9. The summed E-state index contributed by atoms with van der Waals surface area (Å²) >= 11 is 0. The van der Waals surface area contributed by atoms with E-state index in [9.17, 15) is 24.3 Å². The molecule has 0 fully saturated rings. The summed E-state index contributed by atoms with van der Waals surface area (Å²) in [4.78, 5) is 54.5. The van der Waals surface area contributed by atoms with Gasteiger partial charge in [0.05, 0.1) is 12.4 Å². The number of carbonyl (C=O) groups is 4. The summed E-state index contributed by atoms with van der Waals surface area (Å²) in [5.74, 6) is -3.15. The van der Waals surface area contributed by atoms with Gasteiger partial charge in [-0.25, -0.2) is 9.78 Å². The largest absolute Gasteiger partial charge is 0.480 e. The van der Waals surface area contributed by atoms with Crippen molar-refractivity contribution in [2.75, 3.05) is 0 Å². The number of imidazole rings is 1. The highest BCUT2D eigenvalue weighted by Gasteiger charge is 2.28. The third kappa shape index (κ3) is 7.90. The second kappa shape index (κ2) is 11.5. The summed E-state index contributed by atoms with van der Waals surface area (Å²) in [5, 5.41) is 14.5. The number of carbonyl (C=O) groups excluding carboxylic acids is 3. The van der Waals surface area contributed by atoms with Crippen molar-refractivity contribution in [3.63, 3.8) is 0 Å². The molecular weight excluding hydrogens is 404 g/mol. The van der Waals surface area contributed by atoms with Gasteiger partial charge in [0.1, 0.15) is 12.1 Å². The van der Waals surface area contributed by atoms with E-state index in [4.69, 9.17) is 11.5 Å². The fourth-order valence-electron chi connectivity index (χ4n) is 2.86. The van der Waals surface area contributed by atoms with Crippen LogP contribution in [-0.2, 0) is 32.0 Å². The summed E-state index contributed by atoms with van der Waals surface area (Å²) in [6.45, 7) is 0. The van der Waals surface area contributed by atoms with Crippen LogP contribution in [0.5, 0.6) is 0 Å². The van der Waals surface area contributed by atoms with Gasteiger partial charge in [0.2, 0.25) is 17.7 Å². The molecule has 0 radical (unpaired) electrons. The zero-order valence-corrected chi connectivity index (χ0v) is 16.8. The normalized spacial score (nSPS) is 13.6. The van der Waals surface area contributed by atoms with Crippen molar-refractivity contribution >= 4 is 23.7 Å². The molecule has 1 aromatic heterocycles. The Bertz CT molecular complexity index is 887. The van der Waals surface area contributed by atoms with Gasteiger partial charge in [-0.05, 0) is 12.0 Å². The first-order valence-electron chi connectivity index (χ1n) is 9.65. The van der Waals surface area contributed by atoms with E-state index in [2.05, 4.69) is 20.6 Å². The lowest BCUT2D eigenvalue weighted by Gasteiger charge is -2.22. The number of hydrogen-bond donors (Lipinski definition) is 6. The summed E-state index contributed by atoms with van der Waals surface area (Å²) in [6.07, 6.45) is 2.95. The molecule has 3 amide bonds. The number of rotatable bonds is 12. The number of hydrogen-bond acceptors (Lipinski definition) is 6. The molecule has 0 bridgehead atoms. The molecule has 2 aromatic rings. The molecule has 1 aromatic carbocycles. The molecule has 1 heterocycles. The summed E-state index contributed by atoms with van der Waals surface area (Å²) in [7, 11) is 0. The highest BCUT2D eigenvalue weighted by atomic mass is 16.4. The van der Waals surface area contributed by atoms with Crippen LogP contribution in [0, 0.1) is 0 Å². The van der Waals surface area contributed by atoms with Crippen LogP contribution in [0.4, 0.5) is 0 Å². The lowest BCUT2D eigenvalue weighted by molar-refractivity contribution is -0.142. The van der Waals surface area contributed by atoms with Crippen molar-refractivity contribution in [3.8, 4) is 0 Å². The standard InChI is InChI=1S/C20H26N6O5/c21-14(6-7-17(22)27)18(28)25-15(9-13-10-23-11-24-13)19(29)26-16(20(30)31)8-12-4-2-1-3-5-12/h1-5,10-11,14-16H,6-9,21H2,(H2,22,27)(H,23,24)(H,25,28)(H,26,29)(H,30,31). The number of H-pyrrole nitrogens is 1. The Morgan fingerprint density at radius 3 is 2.29 bits per heavy atom. The zero-order valence-electron chi connectivity index (χ0n) is 16.8. The molecule has 3 atom stereocenters. The number of amides is 3. The molecule has 0 aliphatic rings. The van der Waals surface area contributed by atoms with E-state index in [1.54, 1.807) is 30.3 Å². The van der Waals surface area contributed by atoms with E-state index >= 15 is 0 Å². The number of nitrogens with two attached hydrogens (primary N) is 2. The molecular formula is C20H26N6O5. The number of primary amides is 1. The van der Waals surface area contributed by atoms with E-state index in [1.807, 2.05) is 0 Å². The van der Waals surface area contributed by atoms with Crippen molar-refractivity contribution in [2.24, 2.45) is 11.5 Å². The Morgan fingerprint density at radius 2 is 1.71 bits per heavy atom. The first-order valence-corrected chi connectivity index (χ1v) is 9.65. The molecule has 31 heavy (non-hydrogen) atoms. The van der Waals surface area contributed by atoms with E-state index < -0.39 is 41.8 Å². The van der Waals surface area contributed by atoms with Crippen LogP contribution < -0.4 is 22.1 Å². The van der Waals surface area contributed by atoms with E-state index in [-0.39, 0.29) is 25.7 Å². The Hall–Kier alpha value is -3.73. The predicted octanol–water partition coefficient (Wildman–Crippen LogP) is -1.16. The molecule has 0 spiro atoms. The average molecular weight is 430 g/mol. The van der Waals surface area contributed by atoms with Crippen LogP contribution in [-0.4, -0.2) is 56.9 Å². The van der Waals surface area contributed by atoms with Crippen molar-refractivity contribution in [3.05, 3.63) is 54.1 Å². The molecule has 0 aliphatic heterocycles. The molecule has 8 N–H and O–H groups in total. The lowest BCUT2D eigenvalue weighted by atomic mass is 10.0. The van der Waals surface area contributed by atoms with Gasteiger partial charge in [-0.3, -0.25) is 14.4 Å². The highest BCUT2D eigenvalue weighted by Crippen LogP contribution is 2.06. The van der Waals surface area contributed by atoms with Crippen LogP contribution in [0.25, 0.3) is 0 Å². The number of aliphatic carboxylic acids is 1. The number of nitrogens with one attached hydrogen (secondary N) is 3. The molecule has 11 nitrogen and oxygen atoms in total. The molecule has 3 unspecified atom stereocenters. The number of aromatic amines is 1. The van der Waals surface area contributed by atoms with Gasteiger partial charge in [0.15, 0.2) is 0 Å². The van der Waals surface area contributed by atoms with Crippen LogP contribution >= 0.6 is 0 Å². The SMILES string of the molecule is NC(=O)CCC(N)C(=O)NC(Cc1cnc[nH]1)C(=O)NC(Cc1ccccc1)C(=O)O.